The second-order valence-corrected chi connectivity index (χ2v) is 4.51. The number of aliphatic carboxylic acids is 1. The third-order valence-corrected chi connectivity index (χ3v) is 2.77. The molecule has 5 nitrogen and oxygen atoms in total. The molecule has 0 saturated heterocycles. The number of primary amides is 1. The van der Waals surface area contributed by atoms with Crippen molar-refractivity contribution in [3.05, 3.63) is 35.9 Å². The van der Waals surface area contributed by atoms with E-state index < -0.39 is 11.9 Å². The van der Waals surface area contributed by atoms with E-state index in [0.717, 1.165) is 19.3 Å². The average Bonchev–Trinajstić information content (AvgIpc) is 2.34. The van der Waals surface area contributed by atoms with Crippen LogP contribution in [0.15, 0.2) is 30.3 Å². The Morgan fingerprint density at radius 1 is 1.11 bits per heavy atom. The monoisotopic (exact) mass is 264 g/mol. The second kappa shape index (κ2) is 8.26. The summed E-state index contributed by atoms with van der Waals surface area (Å²) in [6.07, 6.45) is 2.76. The van der Waals surface area contributed by atoms with E-state index in [1.165, 1.54) is 5.56 Å². The van der Waals surface area contributed by atoms with Gasteiger partial charge in [0.2, 0.25) is 5.91 Å². The molecule has 3 N–H and O–H groups in total. The highest BCUT2D eigenvalue weighted by molar-refractivity contribution is 5.77. The van der Waals surface area contributed by atoms with E-state index in [1.807, 2.05) is 18.2 Å². The number of unbranched alkanes of at least 4 members (excludes halogenated alkanes) is 1. The molecule has 0 spiro atoms. The van der Waals surface area contributed by atoms with Crippen molar-refractivity contribution in [2.24, 2.45) is 5.73 Å². The number of carboxylic acid groups (broad SMARTS) is 1. The molecule has 0 bridgehead atoms. The van der Waals surface area contributed by atoms with Crippen LogP contribution in [0.25, 0.3) is 0 Å². The zero-order valence-corrected chi connectivity index (χ0v) is 10.9. The predicted octanol–water partition coefficient (Wildman–Crippen LogP) is 0.881. The van der Waals surface area contributed by atoms with Gasteiger partial charge in [0, 0.05) is 0 Å². The Morgan fingerprint density at radius 3 is 2.37 bits per heavy atom. The molecule has 0 fully saturated rings. The van der Waals surface area contributed by atoms with Crippen LogP contribution in [0.2, 0.25) is 0 Å². The summed E-state index contributed by atoms with van der Waals surface area (Å²) in [6.45, 7) is 0.425. The van der Waals surface area contributed by atoms with Crippen LogP contribution in [0.5, 0.6) is 0 Å². The van der Waals surface area contributed by atoms with Gasteiger partial charge in [0.25, 0.3) is 0 Å². The summed E-state index contributed by atoms with van der Waals surface area (Å²) in [5.41, 5.74) is 6.36. The number of benzene rings is 1. The molecule has 0 heterocycles. The summed E-state index contributed by atoms with van der Waals surface area (Å²) in [5.74, 6) is -1.44. The highest BCUT2D eigenvalue weighted by atomic mass is 16.4. The minimum atomic E-state index is -0.940. The van der Waals surface area contributed by atoms with Gasteiger partial charge in [0.05, 0.1) is 13.1 Å². The van der Waals surface area contributed by atoms with Crippen LogP contribution in [0.4, 0.5) is 0 Å². The van der Waals surface area contributed by atoms with Gasteiger partial charge in [-0.1, -0.05) is 30.3 Å². The van der Waals surface area contributed by atoms with Crippen LogP contribution < -0.4 is 5.73 Å². The zero-order valence-electron chi connectivity index (χ0n) is 10.9. The van der Waals surface area contributed by atoms with Crippen molar-refractivity contribution < 1.29 is 14.7 Å². The molecule has 19 heavy (non-hydrogen) atoms. The minimum absolute atomic E-state index is 0.00234. The summed E-state index contributed by atoms with van der Waals surface area (Å²) in [7, 11) is 0. The summed E-state index contributed by atoms with van der Waals surface area (Å²) in [4.78, 5) is 23.0. The maximum Gasteiger partial charge on any atom is 0.317 e. The predicted molar refractivity (Wildman–Crippen MR) is 72.7 cm³/mol. The van der Waals surface area contributed by atoms with Crippen LogP contribution in [0.1, 0.15) is 18.4 Å². The maximum atomic E-state index is 10.8. The van der Waals surface area contributed by atoms with E-state index in [-0.39, 0.29) is 13.1 Å². The second-order valence-electron chi connectivity index (χ2n) is 4.51. The van der Waals surface area contributed by atoms with E-state index in [2.05, 4.69) is 12.1 Å². The standard InChI is InChI=1S/C14H20N2O3/c15-13(17)10-16(11-14(18)19)9-5-4-8-12-6-2-1-3-7-12/h1-3,6-7H,4-5,8-11H2,(H2,15,17)(H,18,19). The molecule has 0 aromatic heterocycles. The van der Waals surface area contributed by atoms with Crippen molar-refractivity contribution in [3.8, 4) is 0 Å². The number of rotatable bonds is 9. The number of carboxylic acids is 1. The Hall–Kier alpha value is -1.88. The van der Waals surface area contributed by atoms with Gasteiger partial charge in [-0.15, -0.1) is 0 Å². The Balaban J connectivity index is 2.27. The molecule has 0 aliphatic carbocycles. The number of hydrogen-bond acceptors (Lipinski definition) is 3. The lowest BCUT2D eigenvalue weighted by atomic mass is 10.1. The summed E-state index contributed by atoms with van der Waals surface area (Å²) in [5, 5.41) is 8.74. The van der Waals surface area contributed by atoms with Crippen molar-refractivity contribution in [3.63, 3.8) is 0 Å². The van der Waals surface area contributed by atoms with Crippen LogP contribution in [0.3, 0.4) is 0 Å². The molecule has 1 aromatic carbocycles. The highest BCUT2D eigenvalue weighted by Gasteiger charge is 2.11. The Bertz CT molecular complexity index is 390. The smallest absolute Gasteiger partial charge is 0.317 e. The van der Waals surface area contributed by atoms with E-state index in [1.54, 1.807) is 4.90 Å². The number of carbonyl (C=O) groups is 2. The first-order chi connectivity index (χ1) is 9.08. The molecule has 0 aliphatic heterocycles. The van der Waals surface area contributed by atoms with Crippen molar-refractivity contribution in [2.75, 3.05) is 19.6 Å². The first kappa shape index (κ1) is 15.2. The van der Waals surface area contributed by atoms with Gasteiger partial charge in [-0.3, -0.25) is 14.5 Å². The van der Waals surface area contributed by atoms with E-state index in [0.29, 0.717) is 6.54 Å². The quantitative estimate of drug-likeness (QED) is 0.649. The average molecular weight is 264 g/mol. The number of hydrogen-bond donors (Lipinski definition) is 2. The molecule has 104 valence electrons. The van der Waals surface area contributed by atoms with Crippen molar-refractivity contribution in [1.29, 1.82) is 0 Å². The maximum absolute atomic E-state index is 10.8. The molecule has 0 aliphatic rings. The molecule has 0 saturated carbocycles. The number of nitrogens with zero attached hydrogens (tertiary/aromatic N) is 1. The summed E-state index contributed by atoms with van der Waals surface area (Å²) >= 11 is 0. The van der Waals surface area contributed by atoms with E-state index in [9.17, 15) is 9.59 Å². The molecule has 0 radical (unpaired) electrons. The molecule has 1 rings (SSSR count). The largest absolute Gasteiger partial charge is 0.480 e. The first-order valence-corrected chi connectivity index (χ1v) is 6.34. The minimum Gasteiger partial charge on any atom is -0.480 e. The van der Waals surface area contributed by atoms with Crippen molar-refractivity contribution in [1.82, 2.24) is 4.90 Å². The lowest BCUT2D eigenvalue weighted by molar-refractivity contribution is -0.138. The van der Waals surface area contributed by atoms with Gasteiger partial charge in [0.1, 0.15) is 0 Å². The fourth-order valence-electron chi connectivity index (χ4n) is 1.93. The van der Waals surface area contributed by atoms with Crippen LogP contribution >= 0.6 is 0 Å². The van der Waals surface area contributed by atoms with Crippen molar-refractivity contribution in [2.45, 2.75) is 19.3 Å². The Morgan fingerprint density at radius 2 is 1.79 bits per heavy atom. The lowest BCUT2D eigenvalue weighted by Crippen LogP contribution is -2.37. The molecular formula is C14H20N2O3. The number of carbonyl (C=O) groups excluding carboxylic acids is 1. The number of aryl methyl sites for hydroxylation is 1. The zero-order chi connectivity index (χ0) is 14.1. The SMILES string of the molecule is NC(=O)CN(CCCCc1ccccc1)CC(=O)O. The third kappa shape index (κ3) is 7.21. The van der Waals surface area contributed by atoms with Crippen LogP contribution in [-0.2, 0) is 16.0 Å². The normalized spacial score (nSPS) is 10.6. The van der Waals surface area contributed by atoms with Gasteiger partial charge < -0.3 is 10.8 Å². The Labute approximate surface area is 113 Å². The van der Waals surface area contributed by atoms with Crippen LogP contribution in [0, 0.1) is 0 Å². The topological polar surface area (TPSA) is 83.6 Å². The third-order valence-electron chi connectivity index (χ3n) is 2.77. The van der Waals surface area contributed by atoms with Crippen LogP contribution in [-0.4, -0.2) is 41.5 Å². The lowest BCUT2D eigenvalue weighted by Gasteiger charge is -2.18. The van der Waals surface area contributed by atoms with E-state index in [4.69, 9.17) is 10.8 Å². The highest BCUT2D eigenvalue weighted by Crippen LogP contribution is 2.05. The molecule has 1 aromatic rings. The fraction of sp³-hybridized carbons (Fsp3) is 0.429. The van der Waals surface area contributed by atoms with Crippen molar-refractivity contribution >= 4 is 11.9 Å². The molecule has 0 unspecified atom stereocenters. The van der Waals surface area contributed by atoms with Gasteiger partial charge in [0.15, 0.2) is 0 Å². The van der Waals surface area contributed by atoms with E-state index >= 15 is 0 Å². The van der Waals surface area contributed by atoms with Gasteiger partial charge >= 0.3 is 5.97 Å². The van der Waals surface area contributed by atoms with Gasteiger partial charge in [-0.25, -0.2) is 0 Å². The molecule has 1 amide bonds. The first-order valence-electron chi connectivity index (χ1n) is 6.34. The molecule has 0 atom stereocenters. The number of amides is 1. The fourth-order valence-corrected chi connectivity index (χ4v) is 1.93. The summed E-state index contributed by atoms with van der Waals surface area (Å²) < 4.78 is 0. The van der Waals surface area contributed by atoms with Gasteiger partial charge in [-0.05, 0) is 31.4 Å². The molecular weight excluding hydrogens is 244 g/mol. The molecule has 5 heteroatoms. The Kier molecular flexibility index (Phi) is 6.60. The summed E-state index contributed by atoms with van der Waals surface area (Å²) in [6, 6.07) is 10.1. The number of nitrogens with two attached hydrogens (primary N) is 1. The van der Waals surface area contributed by atoms with Gasteiger partial charge in [-0.2, -0.15) is 0 Å².